The van der Waals surface area contributed by atoms with Crippen molar-refractivity contribution in [3.8, 4) is 0 Å². The normalized spacial score (nSPS) is 13.2. The maximum atomic E-state index is 11.6. The van der Waals surface area contributed by atoms with Gasteiger partial charge >= 0.3 is 0 Å². The van der Waals surface area contributed by atoms with Gasteiger partial charge in [0.1, 0.15) is 0 Å². The highest BCUT2D eigenvalue weighted by molar-refractivity contribution is 5.75. The number of carbonyl (C=O) groups excluding carboxylic acids is 1. The summed E-state index contributed by atoms with van der Waals surface area (Å²) in [6.45, 7) is 8.54. The van der Waals surface area contributed by atoms with E-state index in [1.165, 1.54) is 0 Å². The fraction of sp³-hybridized carbons (Fsp3) is 0.786. The van der Waals surface area contributed by atoms with E-state index < -0.39 is 0 Å². The van der Waals surface area contributed by atoms with E-state index in [0.29, 0.717) is 37.5 Å². The zero-order valence-corrected chi connectivity index (χ0v) is 12.8. The number of hydrogen-bond acceptors (Lipinski definition) is 5. The number of aromatic nitrogens is 2. The molecule has 1 amide bonds. The largest absolute Gasteiger partial charge is 0.396 e. The Morgan fingerprint density at radius 3 is 2.70 bits per heavy atom. The molecule has 2 N–H and O–H groups in total. The predicted molar refractivity (Wildman–Crippen MR) is 75.2 cm³/mol. The lowest BCUT2D eigenvalue weighted by atomic mass is 9.96. The van der Waals surface area contributed by atoms with E-state index in [1.807, 2.05) is 27.7 Å². The molecule has 1 unspecified atom stereocenters. The van der Waals surface area contributed by atoms with Gasteiger partial charge in [-0.05, 0) is 12.3 Å². The number of carbonyl (C=O) groups is 1. The number of rotatable bonds is 7. The van der Waals surface area contributed by atoms with E-state index >= 15 is 0 Å². The first-order valence-corrected chi connectivity index (χ1v) is 7.03. The van der Waals surface area contributed by atoms with E-state index in [1.54, 1.807) is 0 Å². The van der Waals surface area contributed by atoms with Gasteiger partial charge in [-0.15, -0.1) is 0 Å². The van der Waals surface area contributed by atoms with Crippen molar-refractivity contribution in [2.45, 2.75) is 52.4 Å². The van der Waals surface area contributed by atoms with Crippen molar-refractivity contribution in [2.24, 2.45) is 5.92 Å². The lowest BCUT2D eigenvalue weighted by molar-refractivity contribution is -0.121. The molecule has 1 aromatic heterocycles. The second-order valence-corrected chi connectivity index (χ2v) is 6.21. The third-order valence-corrected chi connectivity index (χ3v) is 2.89. The van der Waals surface area contributed by atoms with Crippen molar-refractivity contribution in [1.82, 2.24) is 15.5 Å². The monoisotopic (exact) mass is 283 g/mol. The smallest absolute Gasteiger partial charge is 0.226 e. The van der Waals surface area contributed by atoms with Crippen LogP contribution in [0, 0.1) is 5.92 Å². The molecule has 0 aromatic carbocycles. The van der Waals surface area contributed by atoms with Crippen LogP contribution in [0.2, 0.25) is 0 Å². The Hall–Kier alpha value is -1.43. The summed E-state index contributed by atoms with van der Waals surface area (Å²) in [6, 6.07) is 0. The van der Waals surface area contributed by atoms with Gasteiger partial charge in [-0.2, -0.15) is 4.98 Å². The van der Waals surface area contributed by atoms with Crippen molar-refractivity contribution in [2.75, 3.05) is 13.2 Å². The fourth-order valence-corrected chi connectivity index (χ4v) is 1.50. The Bertz CT molecular complexity index is 424. The highest BCUT2D eigenvalue weighted by atomic mass is 16.5. The van der Waals surface area contributed by atoms with Crippen LogP contribution in [-0.2, 0) is 16.6 Å². The molecule has 0 fully saturated rings. The van der Waals surface area contributed by atoms with Gasteiger partial charge in [-0.1, -0.05) is 32.9 Å². The van der Waals surface area contributed by atoms with Gasteiger partial charge in [0.15, 0.2) is 5.82 Å². The average Bonchev–Trinajstić information content (AvgIpc) is 2.84. The SMILES string of the molecule is CC(CO)CNC(=O)CCCc1nc(C(C)(C)C)no1. The summed E-state index contributed by atoms with van der Waals surface area (Å²) >= 11 is 0. The molecule has 6 heteroatoms. The number of hydrogen-bond donors (Lipinski definition) is 2. The highest BCUT2D eigenvalue weighted by Crippen LogP contribution is 2.18. The van der Waals surface area contributed by atoms with Crippen LogP contribution in [0.15, 0.2) is 4.52 Å². The predicted octanol–water partition coefficient (Wildman–Crippen LogP) is 1.43. The molecular weight excluding hydrogens is 258 g/mol. The maximum Gasteiger partial charge on any atom is 0.226 e. The molecule has 1 heterocycles. The molecule has 20 heavy (non-hydrogen) atoms. The highest BCUT2D eigenvalue weighted by Gasteiger charge is 2.20. The van der Waals surface area contributed by atoms with Gasteiger partial charge in [0.25, 0.3) is 0 Å². The third-order valence-electron chi connectivity index (χ3n) is 2.89. The maximum absolute atomic E-state index is 11.6. The summed E-state index contributed by atoms with van der Waals surface area (Å²) in [7, 11) is 0. The lowest BCUT2D eigenvalue weighted by Gasteiger charge is -2.10. The molecule has 0 aliphatic heterocycles. The van der Waals surface area contributed by atoms with Crippen molar-refractivity contribution in [3.05, 3.63) is 11.7 Å². The lowest BCUT2D eigenvalue weighted by Crippen LogP contribution is -2.29. The van der Waals surface area contributed by atoms with Crippen LogP contribution in [0.5, 0.6) is 0 Å². The molecule has 1 atom stereocenters. The van der Waals surface area contributed by atoms with Crippen LogP contribution in [0.1, 0.15) is 52.3 Å². The summed E-state index contributed by atoms with van der Waals surface area (Å²) in [5, 5.41) is 15.6. The molecule has 6 nitrogen and oxygen atoms in total. The Kier molecular flexibility index (Phi) is 6.13. The van der Waals surface area contributed by atoms with Crippen LogP contribution in [0.4, 0.5) is 0 Å². The van der Waals surface area contributed by atoms with Gasteiger partial charge in [-0.25, -0.2) is 0 Å². The second-order valence-electron chi connectivity index (χ2n) is 6.21. The van der Waals surface area contributed by atoms with Gasteiger partial charge in [0, 0.05) is 31.4 Å². The quantitative estimate of drug-likeness (QED) is 0.790. The van der Waals surface area contributed by atoms with Gasteiger partial charge in [-0.3, -0.25) is 4.79 Å². The number of aryl methyl sites for hydroxylation is 1. The molecule has 1 aromatic rings. The molecule has 0 saturated heterocycles. The van der Waals surface area contributed by atoms with E-state index in [4.69, 9.17) is 9.63 Å². The minimum atomic E-state index is -0.125. The summed E-state index contributed by atoms with van der Waals surface area (Å²) in [4.78, 5) is 15.9. The Labute approximate surface area is 120 Å². The average molecular weight is 283 g/mol. The zero-order chi connectivity index (χ0) is 15.2. The van der Waals surface area contributed by atoms with E-state index in [2.05, 4.69) is 15.5 Å². The minimum absolute atomic E-state index is 0.0131. The first kappa shape index (κ1) is 16.6. The molecule has 1 rings (SSSR count). The standard InChI is InChI=1S/C14H25N3O3/c1-10(9-18)8-15-11(19)6-5-7-12-16-13(17-20-12)14(2,3)4/h10,18H,5-9H2,1-4H3,(H,15,19). The van der Waals surface area contributed by atoms with Crippen LogP contribution < -0.4 is 5.32 Å². The Morgan fingerprint density at radius 1 is 1.45 bits per heavy atom. The number of nitrogens with zero attached hydrogens (tertiary/aromatic N) is 2. The van der Waals surface area contributed by atoms with E-state index in [0.717, 1.165) is 0 Å². The van der Waals surface area contributed by atoms with Crippen LogP contribution in [0.3, 0.4) is 0 Å². The van der Waals surface area contributed by atoms with Crippen LogP contribution in [0.25, 0.3) is 0 Å². The zero-order valence-electron chi connectivity index (χ0n) is 12.8. The van der Waals surface area contributed by atoms with Gasteiger partial charge < -0.3 is 14.9 Å². The van der Waals surface area contributed by atoms with Gasteiger partial charge in [0.05, 0.1) is 0 Å². The topological polar surface area (TPSA) is 88.2 Å². The molecule has 0 aliphatic rings. The summed E-state index contributed by atoms with van der Waals surface area (Å²) in [5.41, 5.74) is -0.125. The molecule has 0 saturated carbocycles. The molecule has 0 bridgehead atoms. The van der Waals surface area contributed by atoms with Crippen molar-refractivity contribution in [3.63, 3.8) is 0 Å². The van der Waals surface area contributed by atoms with Gasteiger partial charge in [0.2, 0.25) is 11.8 Å². The minimum Gasteiger partial charge on any atom is -0.396 e. The number of aliphatic hydroxyl groups is 1. The molecule has 0 aliphatic carbocycles. The number of aliphatic hydroxyl groups excluding tert-OH is 1. The van der Waals surface area contributed by atoms with E-state index in [9.17, 15) is 4.79 Å². The molecule has 0 spiro atoms. The first-order valence-electron chi connectivity index (χ1n) is 7.03. The number of amides is 1. The molecule has 114 valence electrons. The molecule has 0 radical (unpaired) electrons. The summed E-state index contributed by atoms with van der Waals surface area (Å²) in [5.74, 6) is 1.34. The van der Waals surface area contributed by atoms with Crippen LogP contribution in [-0.4, -0.2) is 34.3 Å². The summed E-state index contributed by atoms with van der Waals surface area (Å²) < 4.78 is 5.16. The first-order chi connectivity index (χ1) is 9.32. The van der Waals surface area contributed by atoms with Crippen molar-refractivity contribution < 1.29 is 14.4 Å². The van der Waals surface area contributed by atoms with Crippen molar-refractivity contribution in [1.29, 1.82) is 0 Å². The van der Waals surface area contributed by atoms with Crippen molar-refractivity contribution >= 4 is 5.91 Å². The number of nitrogens with one attached hydrogen (secondary N) is 1. The third kappa shape index (κ3) is 5.69. The second kappa shape index (κ2) is 7.38. The fourth-order valence-electron chi connectivity index (χ4n) is 1.50. The Morgan fingerprint density at radius 2 is 2.15 bits per heavy atom. The summed E-state index contributed by atoms with van der Waals surface area (Å²) in [6.07, 6.45) is 1.70. The van der Waals surface area contributed by atoms with Crippen LogP contribution >= 0.6 is 0 Å². The Balaban J connectivity index is 2.27. The van der Waals surface area contributed by atoms with E-state index in [-0.39, 0.29) is 23.8 Å². The molecular formula is C14H25N3O3.